The Bertz CT molecular complexity index is 339. The zero-order valence-corrected chi connectivity index (χ0v) is 13.1. The van der Waals surface area contributed by atoms with Crippen LogP contribution in [0.1, 0.15) is 47.5 Å². The molecule has 0 atom stereocenters. The zero-order chi connectivity index (χ0) is 15.1. The average molecular weight is 294 g/mol. The maximum absolute atomic E-state index is 12.4. The van der Waals surface area contributed by atoms with E-state index in [-0.39, 0.29) is 13.2 Å². The molecule has 0 saturated carbocycles. The van der Waals surface area contributed by atoms with E-state index in [2.05, 4.69) is 0 Å². The number of hydrogen-bond acceptors (Lipinski definition) is 6. The lowest BCUT2D eigenvalue weighted by atomic mass is 9.98. The third kappa shape index (κ3) is 5.53. The van der Waals surface area contributed by atoms with Crippen LogP contribution in [0.2, 0.25) is 0 Å². The monoisotopic (exact) mass is 294 g/mol. The molecule has 112 valence electrons. The molecule has 0 heterocycles. The molecule has 0 amide bonds. The van der Waals surface area contributed by atoms with Crippen LogP contribution in [0, 0.1) is 0 Å². The van der Waals surface area contributed by atoms with E-state index in [0.29, 0.717) is 12.8 Å². The molecule has 0 aromatic rings. The number of phosphoric acid groups is 1. The van der Waals surface area contributed by atoms with Gasteiger partial charge in [0.2, 0.25) is 0 Å². The second-order valence-corrected chi connectivity index (χ2v) is 5.94. The molecule has 0 fully saturated rings. The van der Waals surface area contributed by atoms with E-state index in [1.165, 1.54) is 20.8 Å². The van der Waals surface area contributed by atoms with Crippen LogP contribution in [0.25, 0.3) is 0 Å². The zero-order valence-electron chi connectivity index (χ0n) is 12.2. The predicted octanol–water partition coefficient (Wildman–Crippen LogP) is 2.90. The molecule has 6 nitrogen and oxygen atoms in total. The Labute approximate surface area is 114 Å². The highest BCUT2D eigenvalue weighted by molar-refractivity contribution is 7.48. The van der Waals surface area contributed by atoms with Gasteiger partial charge in [0.25, 0.3) is 0 Å². The van der Waals surface area contributed by atoms with Crippen molar-refractivity contribution in [2.75, 3.05) is 13.2 Å². The molecule has 0 aliphatic rings. The highest BCUT2D eigenvalue weighted by atomic mass is 31.2. The molecule has 0 aromatic carbocycles. The van der Waals surface area contributed by atoms with Crippen molar-refractivity contribution in [3.05, 3.63) is 0 Å². The van der Waals surface area contributed by atoms with E-state index in [1.807, 2.05) is 13.8 Å². The molecule has 0 aromatic heterocycles. The maximum Gasteiger partial charge on any atom is 0.476 e. The molecule has 7 heteroatoms. The number of Topliss-reactive ketones (excluding diaryl/α,β-unsaturated/α-hetero) is 2. The van der Waals surface area contributed by atoms with E-state index >= 15 is 0 Å². The first-order valence-corrected chi connectivity index (χ1v) is 7.79. The third-order valence-electron chi connectivity index (χ3n) is 2.55. The molecule has 0 N–H and O–H groups in total. The fourth-order valence-corrected chi connectivity index (χ4v) is 2.79. The largest absolute Gasteiger partial charge is 0.476 e. The summed E-state index contributed by atoms with van der Waals surface area (Å²) in [5.74, 6) is -1.08. The Balaban J connectivity index is 5.11. The van der Waals surface area contributed by atoms with Gasteiger partial charge in [0.1, 0.15) is 0 Å². The number of carbonyl (C=O) groups is 2. The van der Waals surface area contributed by atoms with Crippen LogP contribution in [0.4, 0.5) is 0 Å². The molecule has 0 saturated heterocycles. The van der Waals surface area contributed by atoms with E-state index in [0.717, 1.165) is 0 Å². The van der Waals surface area contributed by atoms with Crippen LogP contribution in [0.3, 0.4) is 0 Å². The molecule has 0 spiro atoms. The molecule has 0 rings (SSSR count). The van der Waals surface area contributed by atoms with Gasteiger partial charge in [0, 0.05) is 0 Å². The lowest BCUT2D eigenvalue weighted by molar-refractivity contribution is -0.145. The van der Waals surface area contributed by atoms with Gasteiger partial charge >= 0.3 is 7.82 Å². The Hall–Kier alpha value is -0.550. The van der Waals surface area contributed by atoms with Crippen LogP contribution in [-0.4, -0.2) is 30.4 Å². The maximum atomic E-state index is 12.4. The lowest BCUT2D eigenvalue weighted by Crippen LogP contribution is -2.43. The summed E-state index contributed by atoms with van der Waals surface area (Å²) < 4.78 is 27.7. The van der Waals surface area contributed by atoms with Crippen molar-refractivity contribution in [3.8, 4) is 0 Å². The molecule has 0 aliphatic carbocycles. The topological polar surface area (TPSA) is 78.9 Å². The van der Waals surface area contributed by atoms with Crippen LogP contribution in [0.5, 0.6) is 0 Å². The number of carbonyl (C=O) groups excluding carboxylic acids is 2. The van der Waals surface area contributed by atoms with Gasteiger partial charge in [-0.1, -0.05) is 13.8 Å². The minimum absolute atomic E-state index is 0.160. The van der Waals surface area contributed by atoms with Crippen LogP contribution in [0.15, 0.2) is 0 Å². The summed E-state index contributed by atoms with van der Waals surface area (Å²) in [5, 5.41) is 0. The highest BCUT2D eigenvalue weighted by Gasteiger charge is 2.45. The van der Waals surface area contributed by atoms with Gasteiger partial charge in [0.05, 0.1) is 13.2 Å². The Morgan fingerprint density at radius 3 is 1.63 bits per heavy atom. The second kappa shape index (κ2) is 7.90. The van der Waals surface area contributed by atoms with E-state index in [4.69, 9.17) is 13.6 Å². The fraction of sp³-hybridized carbons (Fsp3) is 0.833. The second-order valence-electron chi connectivity index (χ2n) is 4.35. The molecule has 0 aliphatic heterocycles. The third-order valence-corrected chi connectivity index (χ3v) is 4.13. The van der Waals surface area contributed by atoms with Gasteiger partial charge in [0.15, 0.2) is 17.2 Å². The smallest absolute Gasteiger partial charge is 0.296 e. The van der Waals surface area contributed by atoms with Crippen molar-refractivity contribution in [2.24, 2.45) is 0 Å². The van der Waals surface area contributed by atoms with E-state index in [1.54, 1.807) is 0 Å². The van der Waals surface area contributed by atoms with Crippen LogP contribution in [-0.2, 0) is 27.7 Å². The van der Waals surface area contributed by atoms with Crippen molar-refractivity contribution >= 4 is 19.4 Å². The summed E-state index contributed by atoms with van der Waals surface area (Å²) in [5.41, 5.74) is -1.81. The highest BCUT2D eigenvalue weighted by Crippen LogP contribution is 2.53. The summed E-state index contributed by atoms with van der Waals surface area (Å²) in [7, 11) is -3.92. The van der Waals surface area contributed by atoms with Crippen molar-refractivity contribution < 1.29 is 27.7 Å². The van der Waals surface area contributed by atoms with Crippen molar-refractivity contribution in [1.29, 1.82) is 0 Å². The fourth-order valence-electron chi connectivity index (χ4n) is 1.10. The predicted molar refractivity (Wildman–Crippen MR) is 70.9 cm³/mol. The van der Waals surface area contributed by atoms with Gasteiger partial charge < -0.3 is 0 Å². The first kappa shape index (κ1) is 18.4. The summed E-state index contributed by atoms with van der Waals surface area (Å²) in [6.07, 6.45) is 1.22. The molecule has 0 unspecified atom stereocenters. The SMILES string of the molecule is CCCOP(=O)(OCCC)OC(C)(C(C)=O)C(C)=O. The van der Waals surface area contributed by atoms with Crippen molar-refractivity contribution in [2.45, 2.75) is 53.1 Å². The number of hydrogen-bond donors (Lipinski definition) is 0. The quantitative estimate of drug-likeness (QED) is 0.455. The first-order chi connectivity index (χ1) is 8.72. The average Bonchev–Trinajstić information content (AvgIpc) is 2.33. The Morgan fingerprint density at radius 1 is 1.00 bits per heavy atom. The first-order valence-electron chi connectivity index (χ1n) is 6.33. The molecular formula is C12H23O6P. The Morgan fingerprint density at radius 2 is 1.37 bits per heavy atom. The Kier molecular flexibility index (Phi) is 7.67. The van der Waals surface area contributed by atoms with E-state index in [9.17, 15) is 14.2 Å². The van der Waals surface area contributed by atoms with Gasteiger partial charge in [-0.2, -0.15) is 0 Å². The van der Waals surface area contributed by atoms with Gasteiger partial charge in [-0.05, 0) is 33.6 Å². The van der Waals surface area contributed by atoms with Crippen LogP contribution < -0.4 is 0 Å². The minimum Gasteiger partial charge on any atom is -0.296 e. The normalized spacial score (nSPS) is 12.5. The lowest BCUT2D eigenvalue weighted by Gasteiger charge is -2.28. The van der Waals surface area contributed by atoms with Gasteiger partial charge in [-0.15, -0.1) is 0 Å². The summed E-state index contributed by atoms with van der Waals surface area (Å²) in [4.78, 5) is 23.1. The summed E-state index contributed by atoms with van der Waals surface area (Å²) in [6, 6.07) is 0. The number of rotatable bonds is 10. The summed E-state index contributed by atoms with van der Waals surface area (Å²) in [6.45, 7) is 7.66. The number of ketones is 2. The van der Waals surface area contributed by atoms with Crippen LogP contribution >= 0.6 is 7.82 Å². The molecular weight excluding hydrogens is 271 g/mol. The number of phosphoric ester groups is 1. The van der Waals surface area contributed by atoms with Crippen molar-refractivity contribution in [1.82, 2.24) is 0 Å². The molecule has 19 heavy (non-hydrogen) atoms. The van der Waals surface area contributed by atoms with Crippen molar-refractivity contribution in [3.63, 3.8) is 0 Å². The standard InChI is InChI=1S/C12H23O6P/c1-6-8-16-19(15,17-9-7-2)18-12(5,10(3)13)11(4)14/h6-9H2,1-5H3. The molecule has 0 radical (unpaired) electrons. The molecule has 0 bridgehead atoms. The van der Waals surface area contributed by atoms with E-state index < -0.39 is 25.0 Å². The summed E-state index contributed by atoms with van der Waals surface area (Å²) >= 11 is 0. The van der Waals surface area contributed by atoms with Gasteiger partial charge in [-0.3, -0.25) is 23.2 Å². The van der Waals surface area contributed by atoms with Gasteiger partial charge in [-0.25, -0.2) is 4.57 Å². The minimum atomic E-state index is -3.92.